The number of hydrogen-bond acceptors (Lipinski definition) is 1. The average Bonchev–Trinajstić information content (AvgIpc) is 2.64. The molecular formula is C9H14Cl2STi-2. The molecule has 13 heavy (non-hydrogen) atoms. The summed E-state index contributed by atoms with van der Waals surface area (Å²) < 4.78 is 0. The van der Waals surface area contributed by atoms with Crippen LogP contribution in [0.25, 0.3) is 0 Å². The first-order valence-corrected chi connectivity index (χ1v) is 8.91. The van der Waals surface area contributed by atoms with Crippen molar-refractivity contribution in [2.45, 2.75) is 19.8 Å². The summed E-state index contributed by atoms with van der Waals surface area (Å²) in [7, 11) is 9.78. The van der Waals surface area contributed by atoms with Crippen molar-refractivity contribution >= 4 is 31.2 Å². The van der Waals surface area contributed by atoms with Crippen molar-refractivity contribution in [2.75, 3.05) is 5.75 Å². The molecule has 0 spiro atoms. The van der Waals surface area contributed by atoms with Gasteiger partial charge in [0.1, 0.15) is 0 Å². The zero-order chi connectivity index (χ0) is 10.4. The van der Waals surface area contributed by atoms with Gasteiger partial charge in [0.05, 0.1) is 0 Å². The number of halogens is 2. The van der Waals surface area contributed by atoms with Crippen molar-refractivity contribution in [3.8, 4) is 0 Å². The summed E-state index contributed by atoms with van der Waals surface area (Å²) in [6.45, 7) is 2.15. The fourth-order valence-corrected chi connectivity index (χ4v) is 0.754. The van der Waals surface area contributed by atoms with E-state index in [0.717, 1.165) is 5.75 Å². The standard InChI is InChI=1S/C5H5.C4H10S.2ClH.Ti/c1-2-4-5-3-1;1-2-3-4-5;;;/h1-5H;5H,2-4H2,1H3;2*1H;/q-1;;;;+2/p-3. The van der Waals surface area contributed by atoms with Crippen LogP contribution >= 0.6 is 18.6 Å². The Kier molecular flexibility index (Phi) is 23.6. The smallest absolute Gasteiger partial charge is 0.172 e. The van der Waals surface area contributed by atoms with E-state index in [1.54, 1.807) is 0 Å². The van der Waals surface area contributed by atoms with Gasteiger partial charge in [0.15, 0.2) is 0 Å². The Morgan fingerprint density at radius 2 is 1.77 bits per heavy atom. The maximum absolute atomic E-state index is 4.89. The molecule has 0 unspecified atom stereocenters. The molecule has 1 aromatic rings. The van der Waals surface area contributed by atoms with Crippen LogP contribution in [0.3, 0.4) is 0 Å². The third-order valence-electron chi connectivity index (χ3n) is 1.05. The van der Waals surface area contributed by atoms with Crippen LogP contribution < -0.4 is 0 Å². The predicted molar refractivity (Wildman–Crippen MR) is 60.9 cm³/mol. The minimum Gasteiger partial charge on any atom is -0.214 e. The molecule has 0 atom stereocenters. The van der Waals surface area contributed by atoms with Crippen molar-refractivity contribution < 1.29 is 17.0 Å². The Hall–Kier alpha value is 0.994. The summed E-state index contributed by atoms with van der Waals surface area (Å²) in [6, 6.07) is 10.0. The van der Waals surface area contributed by atoms with Crippen LogP contribution in [0.15, 0.2) is 30.3 Å². The number of rotatable bonds is 2. The molecule has 0 radical (unpaired) electrons. The van der Waals surface area contributed by atoms with Gasteiger partial charge in [-0.2, -0.15) is 24.0 Å². The number of unbranched alkanes of at least 4 members (excludes halogenated alkanes) is 1. The van der Waals surface area contributed by atoms with Gasteiger partial charge in [0.25, 0.3) is 0 Å². The molecular weight excluding hydrogens is 259 g/mol. The first-order valence-electron chi connectivity index (χ1n) is 4.04. The minimum atomic E-state index is -0.556. The second-order valence-corrected chi connectivity index (χ2v) is 5.08. The predicted octanol–water partition coefficient (Wildman–Crippen LogP) is 4.12. The first kappa shape index (κ1) is 16.4. The monoisotopic (exact) mass is 272 g/mol. The van der Waals surface area contributed by atoms with Gasteiger partial charge in [-0.1, -0.05) is 19.8 Å². The second-order valence-electron chi connectivity index (χ2n) is 2.09. The summed E-state index contributed by atoms with van der Waals surface area (Å²) >= 11 is 4.10. The maximum Gasteiger partial charge on any atom is -0.172 e. The van der Waals surface area contributed by atoms with E-state index >= 15 is 0 Å². The van der Waals surface area contributed by atoms with Gasteiger partial charge in [0, 0.05) is 0 Å². The zero-order valence-electron chi connectivity index (χ0n) is 7.67. The molecule has 0 saturated heterocycles. The molecule has 0 nitrogen and oxygen atoms in total. The minimum absolute atomic E-state index is 0.556. The largest absolute Gasteiger partial charge is 0.214 e. The Morgan fingerprint density at radius 3 is 1.85 bits per heavy atom. The second kappa shape index (κ2) is 18.7. The zero-order valence-corrected chi connectivity index (χ0v) is 11.6. The van der Waals surface area contributed by atoms with E-state index in [0.29, 0.717) is 0 Å². The molecule has 0 N–H and O–H groups in total. The van der Waals surface area contributed by atoms with Gasteiger partial charge in [-0.3, -0.25) is 0 Å². The molecule has 76 valence electrons. The van der Waals surface area contributed by atoms with E-state index in [9.17, 15) is 0 Å². The van der Waals surface area contributed by atoms with E-state index in [1.807, 2.05) is 30.3 Å². The van der Waals surface area contributed by atoms with Gasteiger partial charge in [0.2, 0.25) is 0 Å². The summed E-state index contributed by atoms with van der Waals surface area (Å²) in [4.78, 5) is 0. The molecule has 4 heteroatoms. The van der Waals surface area contributed by atoms with Gasteiger partial charge in [-0.05, 0) is 0 Å². The van der Waals surface area contributed by atoms with E-state index in [2.05, 4.69) is 19.6 Å². The van der Waals surface area contributed by atoms with Crippen molar-refractivity contribution in [3.63, 3.8) is 0 Å². The Labute approximate surface area is 103 Å². The molecule has 0 amide bonds. The molecule has 0 heterocycles. The maximum atomic E-state index is 4.89. The van der Waals surface area contributed by atoms with Gasteiger partial charge < -0.3 is 12.6 Å². The Morgan fingerprint density at radius 1 is 1.31 bits per heavy atom. The van der Waals surface area contributed by atoms with Gasteiger partial charge in [-0.15, -0.1) is 0 Å². The quantitative estimate of drug-likeness (QED) is 0.444. The third kappa shape index (κ3) is 24.6. The average molecular weight is 273 g/mol. The van der Waals surface area contributed by atoms with Crippen molar-refractivity contribution in [1.82, 2.24) is 0 Å². The summed E-state index contributed by atoms with van der Waals surface area (Å²) in [5, 5.41) is 0. The molecule has 0 aromatic heterocycles. The van der Waals surface area contributed by atoms with Gasteiger partial charge >= 0.3 is 35.6 Å². The molecule has 0 aliphatic carbocycles. The van der Waals surface area contributed by atoms with Gasteiger partial charge in [-0.25, -0.2) is 12.1 Å². The van der Waals surface area contributed by atoms with Crippen LogP contribution in [0, 0.1) is 0 Å². The van der Waals surface area contributed by atoms with E-state index in [-0.39, 0.29) is 0 Å². The molecule has 0 fully saturated rings. The van der Waals surface area contributed by atoms with E-state index < -0.39 is 17.0 Å². The van der Waals surface area contributed by atoms with Crippen LogP contribution in [0.4, 0.5) is 0 Å². The third-order valence-corrected chi connectivity index (χ3v) is 1.34. The topological polar surface area (TPSA) is 0 Å². The Balaban J connectivity index is 0. The SMILES string of the molecule is CCCC[S-].[Cl][Ti][Cl].c1cc[cH-]c1. The summed E-state index contributed by atoms with van der Waals surface area (Å²) in [5.74, 6) is 0.927. The van der Waals surface area contributed by atoms with E-state index in [4.69, 9.17) is 18.6 Å². The molecule has 0 aliphatic rings. The molecule has 1 aromatic carbocycles. The normalized spacial score (nSPS) is 7.38. The molecule has 0 bridgehead atoms. The first-order chi connectivity index (χ1) is 6.33. The van der Waals surface area contributed by atoms with Crippen molar-refractivity contribution in [3.05, 3.63) is 30.3 Å². The fourth-order valence-electron chi connectivity index (χ4n) is 0.465. The van der Waals surface area contributed by atoms with Crippen LogP contribution in [0.1, 0.15) is 19.8 Å². The van der Waals surface area contributed by atoms with E-state index in [1.165, 1.54) is 12.8 Å². The van der Waals surface area contributed by atoms with Crippen LogP contribution in [-0.4, -0.2) is 5.75 Å². The number of hydrogen-bond donors (Lipinski definition) is 0. The molecule has 0 aliphatic heterocycles. The Bertz CT molecular complexity index is 115. The van der Waals surface area contributed by atoms with Crippen LogP contribution in [-0.2, 0) is 29.7 Å². The molecule has 0 saturated carbocycles. The summed E-state index contributed by atoms with van der Waals surface area (Å²) in [6.07, 6.45) is 2.44. The van der Waals surface area contributed by atoms with Crippen molar-refractivity contribution in [1.29, 1.82) is 0 Å². The van der Waals surface area contributed by atoms with Crippen LogP contribution in [0.5, 0.6) is 0 Å². The molecule has 1 rings (SSSR count). The van der Waals surface area contributed by atoms with Crippen LogP contribution in [0.2, 0.25) is 0 Å². The fraction of sp³-hybridized carbons (Fsp3) is 0.444. The summed E-state index contributed by atoms with van der Waals surface area (Å²) in [5.41, 5.74) is 0. The van der Waals surface area contributed by atoms with Crippen molar-refractivity contribution in [2.24, 2.45) is 0 Å².